The molecule has 1 saturated carbocycles. The second-order valence-corrected chi connectivity index (χ2v) is 5.97. The lowest BCUT2D eigenvalue weighted by atomic mass is 10.0. The Morgan fingerprint density at radius 1 is 0.800 bits per heavy atom. The summed E-state index contributed by atoms with van der Waals surface area (Å²) in [5.41, 5.74) is 1.42. The summed E-state index contributed by atoms with van der Waals surface area (Å²) in [4.78, 5) is 0. The molecule has 110 valence electrons. The van der Waals surface area contributed by atoms with Gasteiger partial charge in [-0.1, -0.05) is 81.1 Å². The number of nitrogens with one attached hydrogen (secondary N) is 1. The monoisotopic (exact) mass is 271 g/mol. The number of allylic oxidation sites excluding steroid dienone is 7. The zero-order valence-corrected chi connectivity index (χ0v) is 12.7. The van der Waals surface area contributed by atoms with Crippen LogP contribution in [0.2, 0.25) is 0 Å². The molecule has 1 fully saturated rings. The molecular weight excluding hydrogens is 242 g/mol. The minimum atomic E-state index is 0.752. The van der Waals surface area contributed by atoms with E-state index in [0.717, 1.165) is 19.0 Å². The van der Waals surface area contributed by atoms with Crippen LogP contribution in [0, 0.1) is 0 Å². The summed E-state index contributed by atoms with van der Waals surface area (Å²) in [7, 11) is 0. The van der Waals surface area contributed by atoms with Crippen LogP contribution in [0.1, 0.15) is 57.8 Å². The summed E-state index contributed by atoms with van der Waals surface area (Å²) in [5, 5.41) is 3.78. The maximum atomic E-state index is 3.78. The topological polar surface area (TPSA) is 12.0 Å². The van der Waals surface area contributed by atoms with Gasteiger partial charge in [-0.25, -0.2) is 0 Å². The van der Waals surface area contributed by atoms with E-state index in [4.69, 9.17) is 0 Å². The van der Waals surface area contributed by atoms with Gasteiger partial charge in [-0.15, -0.1) is 0 Å². The lowest BCUT2D eigenvalue weighted by molar-refractivity contribution is 0.437. The van der Waals surface area contributed by atoms with Crippen LogP contribution in [0.15, 0.2) is 48.1 Å². The normalized spacial score (nSPS) is 28.9. The highest BCUT2D eigenvalue weighted by Crippen LogP contribution is 2.17. The molecular formula is C19H29N. The van der Waals surface area contributed by atoms with Gasteiger partial charge in [-0.2, -0.15) is 0 Å². The Hall–Kier alpha value is -1.08. The molecule has 0 aromatic carbocycles. The Labute approximate surface area is 124 Å². The van der Waals surface area contributed by atoms with E-state index in [1.807, 2.05) is 0 Å². The van der Waals surface area contributed by atoms with Crippen molar-refractivity contribution in [3.63, 3.8) is 0 Å². The maximum absolute atomic E-state index is 3.78. The quantitative estimate of drug-likeness (QED) is 0.752. The summed E-state index contributed by atoms with van der Waals surface area (Å²) in [6.45, 7) is 1.11. The van der Waals surface area contributed by atoms with E-state index in [1.54, 1.807) is 0 Å². The third-order valence-electron chi connectivity index (χ3n) is 4.27. The van der Waals surface area contributed by atoms with Gasteiger partial charge in [0.2, 0.25) is 0 Å². The average Bonchev–Trinajstić information content (AvgIpc) is 2.55. The molecule has 0 radical (unpaired) electrons. The first-order valence-corrected chi connectivity index (χ1v) is 8.39. The first-order chi connectivity index (χ1) is 9.95. The van der Waals surface area contributed by atoms with Crippen molar-refractivity contribution in [1.82, 2.24) is 5.32 Å². The first kappa shape index (κ1) is 15.3. The zero-order chi connectivity index (χ0) is 13.9. The molecule has 2 aliphatic carbocycles. The van der Waals surface area contributed by atoms with Gasteiger partial charge in [0, 0.05) is 6.04 Å². The Kier molecular flexibility index (Phi) is 7.48. The lowest BCUT2D eigenvalue weighted by Gasteiger charge is -2.18. The molecule has 1 nitrogen and oxygen atoms in total. The fourth-order valence-corrected chi connectivity index (χ4v) is 3.03. The third kappa shape index (κ3) is 6.38. The predicted molar refractivity (Wildman–Crippen MR) is 88.8 cm³/mol. The van der Waals surface area contributed by atoms with E-state index < -0.39 is 0 Å². The van der Waals surface area contributed by atoms with Crippen LogP contribution in [-0.4, -0.2) is 12.6 Å². The summed E-state index contributed by atoms with van der Waals surface area (Å²) < 4.78 is 0. The molecule has 0 heterocycles. The van der Waals surface area contributed by atoms with Gasteiger partial charge < -0.3 is 5.32 Å². The number of rotatable bonds is 4. The molecule has 0 aromatic heterocycles. The van der Waals surface area contributed by atoms with Gasteiger partial charge >= 0.3 is 0 Å². The van der Waals surface area contributed by atoms with E-state index in [0.29, 0.717) is 0 Å². The second kappa shape index (κ2) is 9.77. The second-order valence-electron chi connectivity index (χ2n) is 5.97. The molecule has 0 unspecified atom stereocenters. The minimum absolute atomic E-state index is 0.752. The molecule has 2 rings (SSSR count). The summed E-state index contributed by atoms with van der Waals surface area (Å²) in [5.74, 6) is 0. The van der Waals surface area contributed by atoms with Crippen LogP contribution in [0.5, 0.6) is 0 Å². The largest absolute Gasteiger partial charge is 0.314 e. The van der Waals surface area contributed by atoms with E-state index in [2.05, 4.69) is 47.8 Å². The van der Waals surface area contributed by atoms with Crippen LogP contribution in [0.3, 0.4) is 0 Å². The minimum Gasteiger partial charge on any atom is -0.314 e. The van der Waals surface area contributed by atoms with Crippen molar-refractivity contribution in [1.29, 1.82) is 0 Å². The summed E-state index contributed by atoms with van der Waals surface area (Å²) in [6, 6.07) is 0.752. The van der Waals surface area contributed by atoms with Gasteiger partial charge in [0.05, 0.1) is 0 Å². The van der Waals surface area contributed by atoms with Crippen molar-refractivity contribution in [3.05, 3.63) is 48.1 Å². The molecule has 0 atom stereocenters. The summed E-state index contributed by atoms with van der Waals surface area (Å²) >= 11 is 0. The Balaban J connectivity index is 1.70. The molecule has 0 bridgehead atoms. The van der Waals surface area contributed by atoms with E-state index in [1.165, 1.54) is 56.9 Å². The van der Waals surface area contributed by atoms with Crippen molar-refractivity contribution in [3.8, 4) is 0 Å². The zero-order valence-electron chi connectivity index (χ0n) is 12.7. The molecule has 0 saturated heterocycles. The fraction of sp³-hybridized carbons (Fsp3) is 0.579. The Morgan fingerprint density at radius 3 is 2.25 bits per heavy atom. The van der Waals surface area contributed by atoms with Gasteiger partial charge in [0.1, 0.15) is 0 Å². The Morgan fingerprint density at radius 2 is 1.45 bits per heavy atom. The van der Waals surface area contributed by atoms with Gasteiger partial charge in [-0.3, -0.25) is 0 Å². The lowest BCUT2D eigenvalue weighted by Crippen LogP contribution is -2.30. The number of hydrogen-bond acceptors (Lipinski definition) is 1. The van der Waals surface area contributed by atoms with Crippen molar-refractivity contribution >= 4 is 0 Å². The first-order valence-electron chi connectivity index (χ1n) is 8.39. The molecule has 0 amide bonds. The van der Waals surface area contributed by atoms with Crippen LogP contribution in [0.25, 0.3) is 0 Å². The predicted octanol–water partition coefficient (Wildman–Crippen LogP) is 5.08. The molecule has 2 aliphatic rings. The highest BCUT2D eigenvalue weighted by atomic mass is 14.9. The third-order valence-corrected chi connectivity index (χ3v) is 4.27. The molecule has 0 spiro atoms. The average molecular weight is 271 g/mol. The highest BCUT2D eigenvalue weighted by molar-refractivity contribution is 5.30. The van der Waals surface area contributed by atoms with Crippen molar-refractivity contribution < 1.29 is 0 Å². The highest BCUT2D eigenvalue weighted by Gasteiger charge is 2.09. The fourth-order valence-electron chi connectivity index (χ4n) is 3.03. The standard InChI is InChI=1S/C19H29N/c1-2-7-11-15-19(14-10-6-1)20-17-16-18-12-8-4-3-5-9-13-18/h3-5,8-9,12-13,19-20H,1-2,6-7,10-11,14-17H2/b4-3-,5-3?,8-4?,9-5-,12-8-,13-9?,18-12?,18-13+. The molecule has 1 N–H and O–H groups in total. The molecule has 20 heavy (non-hydrogen) atoms. The smallest absolute Gasteiger partial charge is 0.00671 e. The van der Waals surface area contributed by atoms with Crippen LogP contribution < -0.4 is 5.32 Å². The molecule has 1 heteroatoms. The van der Waals surface area contributed by atoms with Crippen LogP contribution >= 0.6 is 0 Å². The van der Waals surface area contributed by atoms with Crippen molar-refractivity contribution in [2.75, 3.05) is 6.54 Å². The van der Waals surface area contributed by atoms with Gasteiger partial charge in [0.15, 0.2) is 0 Å². The van der Waals surface area contributed by atoms with Crippen LogP contribution in [0.4, 0.5) is 0 Å². The molecule has 0 aliphatic heterocycles. The SMILES string of the molecule is C1=C\C=C/C(CCNC2CCCCCCCC2)=C\C=C/1. The van der Waals surface area contributed by atoms with Crippen molar-refractivity contribution in [2.45, 2.75) is 63.8 Å². The Bertz CT molecular complexity index is 363. The maximum Gasteiger partial charge on any atom is 0.00671 e. The van der Waals surface area contributed by atoms with E-state index in [9.17, 15) is 0 Å². The summed E-state index contributed by atoms with van der Waals surface area (Å²) in [6.07, 6.45) is 27.4. The number of hydrogen-bond donors (Lipinski definition) is 1. The van der Waals surface area contributed by atoms with Gasteiger partial charge in [-0.05, 0) is 31.4 Å². The van der Waals surface area contributed by atoms with Crippen LogP contribution in [-0.2, 0) is 0 Å². The van der Waals surface area contributed by atoms with E-state index in [-0.39, 0.29) is 0 Å². The molecule has 0 aromatic rings. The van der Waals surface area contributed by atoms with Crippen molar-refractivity contribution in [2.24, 2.45) is 0 Å². The van der Waals surface area contributed by atoms with Gasteiger partial charge in [0.25, 0.3) is 0 Å². The van der Waals surface area contributed by atoms with E-state index >= 15 is 0 Å².